The molecule has 1 aromatic carbocycles. The number of piperidine rings is 1. The fraction of sp³-hybridized carbons (Fsp3) is 0.625. The van der Waals surface area contributed by atoms with Crippen molar-refractivity contribution in [3.63, 3.8) is 0 Å². The van der Waals surface area contributed by atoms with Crippen LogP contribution in [0.3, 0.4) is 0 Å². The van der Waals surface area contributed by atoms with Crippen LogP contribution in [0.4, 0.5) is 0 Å². The van der Waals surface area contributed by atoms with E-state index in [-0.39, 0.29) is 0 Å². The molecular formula is C16H24N2. The Morgan fingerprint density at radius 1 is 1.17 bits per heavy atom. The van der Waals surface area contributed by atoms with E-state index in [0.717, 1.165) is 24.5 Å². The van der Waals surface area contributed by atoms with E-state index in [1.807, 2.05) is 0 Å². The van der Waals surface area contributed by atoms with Crippen LogP contribution in [0.1, 0.15) is 38.2 Å². The molecule has 2 heteroatoms. The Balaban J connectivity index is 1.69. The van der Waals surface area contributed by atoms with Crippen LogP contribution in [-0.2, 0) is 6.54 Å². The Labute approximate surface area is 110 Å². The summed E-state index contributed by atoms with van der Waals surface area (Å²) in [6.45, 7) is 3.30. The first-order valence-electron chi connectivity index (χ1n) is 7.29. The van der Waals surface area contributed by atoms with Crippen LogP contribution >= 0.6 is 0 Å². The summed E-state index contributed by atoms with van der Waals surface area (Å²) >= 11 is 0. The lowest BCUT2D eigenvalue weighted by molar-refractivity contribution is 0.0884. The van der Waals surface area contributed by atoms with Crippen LogP contribution in [0.2, 0.25) is 0 Å². The molecule has 0 aliphatic carbocycles. The summed E-state index contributed by atoms with van der Waals surface area (Å²) < 4.78 is 0. The van der Waals surface area contributed by atoms with Gasteiger partial charge in [-0.2, -0.15) is 0 Å². The minimum absolute atomic E-state index is 0.368. The van der Waals surface area contributed by atoms with E-state index in [0.29, 0.717) is 6.04 Å². The molecule has 2 heterocycles. The van der Waals surface area contributed by atoms with E-state index in [1.54, 1.807) is 0 Å². The van der Waals surface area contributed by atoms with Gasteiger partial charge in [-0.15, -0.1) is 0 Å². The fourth-order valence-corrected chi connectivity index (χ4v) is 3.80. The van der Waals surface area contributed by atoms with Crippen LogP contribution in [0.5, 0.6) is 0 Å². The van der Waals surface area contributed by atoms with Gasteiger partial charge in [-0.3, -0.25) is 4.90 Å². The van der Waals surface area contributed by atoms with Gasteiger partial charge in [0.2, 0.25) is 0 Å². The molecule has 2 bridgehead atoms. The average molecular weight is 244 g/mol. The van der Waals surface area contributed by atoms with Gasteiger partial charge in [-0.1, -0.05) is 30.3 Å². The van der Waals surface area contributed by atoms with Gasteiger partial charge in [0.25, 0.3) is 0 Å². The minimum atomic E-state index is 0.368. The molecule has 3 unspecified atom stereocenters. The first-order valence-corrected chi connectivity index (χ1v) is 7.29. The zero-order valence-corrected chi connectivity index (χ0v) is 11.3. The number of nitrogens with two attached hydrogens (primary N) is 1. The van der Waals surface area contributed by atoms with Gasteiger partial charge in [0, 0.05) is 24.7 Å². The Bertz CT molecular complexity index is 373. The van der Waals surface area contributed by atoms with Gasteiger partial charge in [0.1, 0.15) is 0 Å². The molecule has 98 valence electrons. The summed E-state index contributed by atoms with van der Waals surface area (Å²) in [6, 6.07) is 12.8. The Morgan fingerprint density at radius 2 is 1.78 bits per heavy atom. The van der Waals surface area contributed by atoms with Crippen molar-refractivity contribution in [3.8, 4) is 0 Å². The minimum Gasteiger partial charge on any atom is -0.328 e. The van der Waals surface area contributed by atoms with Crippen LogP contribution in [0.25, 0.3) is 0 Å². The van der Waals surface area contributed by atoms with Crippen molar-refractivity contribution >= 4 is 0 Å². The molecule has 2 saturated heterocycles. The van der Waals surface area contributed by atoms with Crippen molar-refractivity contribution < 1.29 is 0 Å². The maximum Gasteiger partial charge on any atom is 0.0239 e. The van der Waals surface area contributed by atoms with Crippen molar-refractivity contribution in [2.24, 2.45) is 11.7 Å². The van der Waals surface area contributed by atoms with Crippen molar-refractivity contribution in [2.45, 2.75) is 57.3 Å². The summed E-state index contributed by atoms with van der Waals surface area (Å²) in [6.07, 6.45) is 5.36. The zero-order valence-electron chi connectivity index (χ0n) is 11.3. The topological polar surface area (TPSA) is 29.3 Å². The third-order valence-corrected chi connectivity index (χ3v) is 4.87. The van der Waals surface area contributed by atoms with Crippen molar-refractivity contribution in [3.05, 3.63) is 35.9 Å². The quantitative estimate of drug-likeness (QED) is 0.886. The summed E-state index contributed by atoms with van der Waals surface area (Å²) in [4.78, 5) is 2.73. The molecule has 0 spiro atoms. The fourth-order valence-electron chi connectivity index (χ4n) is 3.80. The molecule has 2 aliphatic rings. The summed E-state index contributed by atoms with van der Waals surface area (Å²) in [7, 11) is 0. The second kappa shape index (κ2) is 5.02. The molecule has 0 amide bonds. The van der Waals surface area contributed by atoms with Gasteiger partial charge in [-0.05, 0) is 44.1 Å². The maximum atomic E-state index is 6.10. The monoisotopic (exact) mass is 244 g/mol. The summed E-state index contributed by atoms with van der Waals surface area (Å²) in [5, 5.41) is 0. The van der Waals surface area contributed by atoms with Gasteiger partial charge in [-0.25, -0.2) is 0 Å². The van der Waals surface area contributed by atoms with Crippen molar-refractivity contribution in [1.29, 1.82) is 0 Å². The van der Waals surface area contributed by atoms with Crippen LogP contribution in [0, 0.1) is 5.92 Å². The molecule has 1 aromatic rings. The van der Waals surface area contributed by atoms with Crippen LogP contribution < -0.4 is 5.73 Å². The summed E-state index contributed by atoms with van der Waals surface area (Å²) in [5.41, 5.74) is 7.55. The van der Waals surface area contributed by atoms with E-state index in [9.17, 15) is 0 Å². The molecule has 2 aliphatic heterocycles. The second-order valence-electron chi connectivity index (χ2n) is 6.13. The summed E-state index contributed by atoms with van der Waals surface area (Å²) in [5.74, 6) is 0.745. The first-order chi connectivity index (χ1) is 8.74. The lowest BCUT2D eigenvalue weighted by Crippen LogP contribution is -2.46. The van der Waals surface area contributed by atoms with Gasteiger partial charge in [0.15, 0.2) is 0 Å². The Hall–Kier alpha value is -0.860. The van der Waals surface area contributed by atoms with Gasteiger partial charge >= 0.3 is 0 Å². The normalized spacial score (nSPS) is 33.6. The standard InChI is InChI=1S/C16H24N2/c1-12(17)14-9-15-7-8-16(10-14)18(15)11-13-5-3-2-4-6-13/h2-6,12,14-16H,7-11,17H2,1H3. The number of nitrogens with zero attached hydrogens (tertiary/aromatic N) is 1. The van der Waals surface area contributed by atoms with E-state index < -0.39 is 0 Å². The zero-order chi connectivity index (χ0) is 12.5. The average Bonchev–Trinajstić information content (AvgIpc) is 2.62. The van der Waals surface area contributed by atoms with Gasteiger partial charge < -0.3 is 5.73 Å². The van der Waals surface area contributed by atoms with E-state index >= 15 is 0 Å². The number of fused-ring (bicyclic) bond motifs is 2. The Kier molecular flexibility index (Phi) is 3.40. The lowest BCUT2D eigenvalue weighted by atomic mass is 9.86. The molecule has 18 heavy (non-hydrogen) atoms. The van der Waals surface area contributed by atoms with Gasteiger partial charge in [0.05, 0.1) is 0 Å². The highest BCUT2D eigenvalue weighted by Crippen LogP contribution is 2.40. The number of rotatable bonds is 3. The highest BCUT2D eigenvalue weighted by Gasteiger charge is 2.41. The second-order valence-corrected chi connectivity index (χ2v) is 6.13. The third-order valence-electron chi connectivity index (χ3n) is 4.87. The molecule has 3 atom stereocenters. The molecule has 0 radical (unpaired) electrons. The molecule has 2 fully saturated rings. The first kappa shape index (κ1) is 12.2. The largest absolute Gasteiger partial charge is 0.328 e. The highest BCUT2D eigenvalue weighted by atomic mass is 15.2. The van der Waals surface area contributed by atoms with Crippen molar-refractivity contribution in [2.75, 3.05) is 0 Å². The predicted molar refractivity (Wildman–Crippen MR) is 75.2 cm³/mol. The van der Waals surface area contributed by atoms with Crippen LogP contribution in [0.15, 0.2) is 30.3 Å². The number of hydrogen-bond acceptors (Lipinski definition) is 2. The lowest BCUT2D eigenvalue weighted by Gasteiger charge is -2.40. The molecule has 3 rings (SSSR count). The third kappa shape index (κ3) is 2.32. The Morgan fingerprint density at radius 3 is 2.33 bits per heavy atom. The number of hydrogen-bond donors (Lipinski definition) is 1. The van der Waals surface area contributed by atoms with Crippen molar-refractivity contribution in [1.82, 2.24) is 4.90 Å². The van der Waals surface area contributed by atoms with E-state index in [2.05, 4.69) is 42.2 Å². The molecule has 2 nitrogen and oxygen atoms in total. The molecule has 0 saturated carbocycles. The smallest absolute Gasteiger partial charge is 0.0239 e. The number of benzene rings is 1. The van der Waals surface area contributed by atoms with E-state index in [4.69, 9.17) is 5.73 Å². The van der Waals surface area contributed by atoms with E-state index in [1.165, 1.54) is 31.2 Å². The SMILES string of the molecule is CC(N)C1CC2CCC(C1)N2Cc1ccccc1. The highest BCUT2D eigenvalue weighted by molar-refractivity contribution is 5.15. The molecular weight excluding hydrogens is 220 g/mol. The predicted octanol–water partition coefficient (Wildman–Crippen LogP) is 2.78. The molecule has 0 aromatic heterocycles. The molecule has 2 N–H and O–H groups in total. The maximum absolute atomic E-state index is 6.10. The van der Waals surface area contributed by atoms with Crippen LogP contribution in [-0.4, -0.2) is 23.0 Å².